The zero-order valence-corrected chi connectivity index (χ0v) is 7.75. The van der Waals surface area contributed by atoms with Gasteiger partial charge in [-0.25, -0.2) is 0 Å². The van der Waals surface area contributed by atoms with Crippen molar-refractivity contribution in [3.05, 3.63) is 0 Å². The van der Waals surface area contributed by atoms with Gasteiger partial charge in [-0.15, -0.1) is 0 Å². The van der Waals surface area contributed by atoms with E-state index in [4.69, 9.17) is 5.73 Å². The van der Waals surface area contributed by atoms with E-state index in [-0.39, 0.29) is 17.7 Å². The third-order valence-corrected chi connectivity index (χ3v) is 2.17. The van der Waals surface area contributed by atoms with Gasteiger partial charge in [0.25, 0.3) is 0 Å². The van der Waals surface area contributed by atoms with E-state index in [9.17, 15) is 9.59 Å². The number of hydrogen-bond acceptors (Lipinski definition) is 3. The number of rotatable bonds is 3. The standard InChI is InChI=1S/C8H15N3O2/c1-11(3-2-9)8(13)6-4-7(12)10-5-6/h6H,2-5,9H2,1H3,(H,10,12). The molecule has 1 rings (SSSR count). The Bertz CT molecular complexity index is 217. The van der Waals surface area contributed by atoms with Gasteiger partial charge in [-0.2, -0.15) is 0 Å². The Morgan fingerprint density at radius 2 is 2.46 bits per heavy atom. The minimum atomic E-state index is -0.191. The number of carbonyl (C=O) groups is 2. The number of hydrogen-bond donors (Lipinski definition) is 2. The largest absolute Gasteiger partial charge is 0.355 e. The van der Waals surface area contributed by atoms with Crippen LogP contribution in [0.5, 0.6) is 0 Å². The highest BCUT2D eigenvalue weighted by molar-refractivity contribution is 5.89. The van der Waals surface area contributed by atoms with Crippen molar-refractivity contribution in [3.63, 3.8) is 0 Å². The number of nitrogens with two attached hydrogens (primary N) is 1. The average Bonchev–Trinajstić information content (AvgIpc) is 2.51. The van der Waals surface area contributed by atoms with Gasteiger partial charge in [0.1, 0.15) is 0 Å². The summed E-state index contributed by atoms with van der Waals surface area (Å²) in [6.45, 7) is 1.46. The molecule has 1 fully saturated rings. The molecule has 1 aliphatic heterocycles. The molecule has 74 valence electrons. The summed E-state index contributed by atoms with van der Waals surface area (Å²) in [4.78, 5) is 24.0. The van der Waals surface area contributed by atoms with Crippen molar-refractivity contribution in [3.8, 4) is 0 Å². The van der Waals surface area contributed by atoms with Gasteiger partial charge in [-0.1, -0.05) is 0 Å². The highest BCUT2D eigenvalue weighted by Crippen LogP contribution is 2.11. The van der Waals surface area contributed by atoms with Crippen LogP contribution in [-0.2, 0) is 9.59 Å². The first-order chi connectivity index (χ1) is 6.15. The Balaban J connectivity index is 2.43. The van der Waals surface area contributed by atoms with Crippen molar-refractivity contribution in [2.45, 2.75) is 6.42 Å². The van der Waals surface area contributed by atoms with Crippen LogP contribution in [0.2, 0.25) is 0 Å². The summed E-state index contributed by atoms with van der Waals surface area (Å²) >= 11 is 0. The molecule has 0 aromatic carbocycles. The summed E-state index contributed by atoms with van der Waals surface area (Å²) in [5, 5.41) is 2.63. The Morgan fingerprint density at radius 1 is 1.77 bits per heavy atom. The molecular formula is C8H15N3O2. The lowest BCUT2D eigenvalue weighted by Crippen LogP contribution is -2.37. The first-order valence-corrected chi connectivity index (χ1v) is 4.37. The van der Waals surface area contributed by atoms with E-state index < -0.39 is 0 Å². The lowest BCUT2D eigenvalue weighted by atomic mass is 10.1. The minimum absolute atomic E-state index is 0.00352. The van der Waals surface area contributed by atoms with E-state index in [1.165, 1.54) is 0 Å². The SMILES string of the molecule is CN(CCN)C(=O)C1CNC(=O)C1. The van der Waals surface area contributed by atoms with E-state index in [2.05, 4.69) is 5.32 Å². The molecule has 1 aliphatic rings. The molecule has 0 aliphatic carbocycles. The summed E-state index contributed by atoms with van der Waals surface area (Å²) in [5.41, 5.74) is 5.32. The predicted molar refractivity (Wildman–Crippen MR) is 47.8 cm³/mol. The molecule has 0 spiro atoms. The molecule has 0 bridgehead atoms. The third-order valence-electron chi connectivity index (χ3n) is 2.17. The van der Waals surface area contributed by atoms with Crippen molar-refractivity contribution >= 4 is 11.8 Å². The maximum atomic E-state index is 11.6. The molecule has 5 nitrogen and oxygen atoms in total. The summed E-state index contributed by atoms with van der Waals surface area (Å²) < 4.78 is 0. The molecule has 1 heterocycles. The number of amides is 2. The van der Waals surface area contributed by atoms with E-state index in [1.54, 1.807) is 11.9 Å². The average molecular weight is 185 g/mol. The lowest BCUT2D eigenvalue weighted by molar-refractivity contribution is -0.134. The summed E-state index contributed by atoms with van der Waals surface area (Å²) in [7, 11) is 1.71. The van der Waals surface area contributed by atoms with Crippen LogP contribution in [-0.4, -0.2) is 43.4 Å². The normalized spacial score (nSPS) is 21.4. The Hall–Kier alpha value is -1.10. The fraction of sp³-hybridized carbons (Fsp3) is 0.750. The lowest BCUT2D eigenvalue weighted by Gasteiger charge is -2.18. The molecule has 0 radical (unpaired) electrons. The number of carbonyl (C=O) groups excluding carboxylic acids is 2. The highest BCUT2D eigenvalue weighted by atomic mass is 16.2. The number of nitrogens with one attached hydrogen (secondary N) is 1. The van der Waals surface area contributed by atoms with Gasteiger partial charge < -0.3 is 16.0 Å². The van der Waals surface area contributed by atoms with E-state index in [1.807, 2.05) is 0 Å². The van der Waals surface area contributed by atoms with Crippen LogP contribution in [0.25, 0.3) is 0 Å². The van der Waals surface area contributed by atoms with E-state index in [0.717, 1.165) is 0 Å². The van der Waals surface area contributed by atoms with Crippen LogP contribution in [0.15, 0.2) is 0 Å². The van der Waals surface area contributed by atoms with Crippen LogP contribution >= 0.6 is 0 Å². The van der Waals surface area contributed by atoms with Crippen LogP contribution in [0.3, 0.4) is 0 Å². The Labute approximate surface area is 77.3 Å². The monoisotopic (exact) mass is 185 g/mol. The van der Waals surface area contributed by atoms with Crippen molar-refractivity contribution in [2.24, 2.45) is 11.7 Å². The molecule has 0 aromatic rings. The molecular weight excluding hydrogens is 170 g/mol. The van der Waals surface area contributed by atoms with Crippen LogP contribution in [0.1, 0.15) is 6.42 Å². The topological polar surface area (TPSA) is 75.4 Å². The molecule has 1 atom stereocenters. The molecule has 1 saturated heterocycles. The fourth-order valence-corrected chi connectivity index (χ4v) is 1.40. The van der Waals surface area contributed by atoms with Crippen molar-refractivity contribution in [2.75, 3.05) is 26.7 Å². The second-order valence-electron chi connectivity index (χ2n) is 3.25. The molecule has 0 aromatic heterocycles. The van der Waals surface area contributed by atoms with Gasteiger partial charge in [0.2, 0.25) is 11.8 Å². The Kier molecular flexibility index (Phi) is 3.25. The first kappa shape index (κ1) is 9.98. The van der Waals surface area contributed by atoms with Crippen LogP contribution in [0, 0.1) is 5.92 Å². The van der Waals surface area contributed by atoms with Crippen molar-refractivity contribution < 1.29 is 9.59 Å². The van der Waals surface area contributed by atoms with Gasteiger partial charge in [0.05, 0.1) is 5.92 Å². The zero-order valence-electron chi connectivity index (χ0n) is 7.75. The molecule has 5 heteroatoms. The molecule has 2 amide bonds. The highest BCUT2D eigenvalue weighted by Gasteiger charge is 2.29. The summed E-state index contributed by atoms with van der Waals surface area (Å²) in [6, 6.07) is 0. The van der Waals surface area contributed by atoms with Gasteiger partial charge in [0, 0.05) is 33.1 Å². The van der Waals surface area contributed by atoms with Gasteiger partial charge in [-0.3, -0.25) is 9.59 Å². The smallest absolute Gasteiger partial charge is 0.227 e. The fourth-order valence-electron chi connectivity index (χ4n) is 1.40. The minimum Gasteiger partial charge on any atom is -0.355 e. The number of likely N-dealkylation sites (N-methyl/N-ethyl adjacent to an activating group) is 1. The van der Waals surface area contributed by atoms with Crippen molar-refractivity contribution in [1.29, 1.82) is 0 Å². The zero-order chi connectivity index (χ0) is 9.84. The van der Waals surface area contributed by atoms with Gasteiger partial charge in [-0.05, 0) is 0 Å². The van der Waals surface area contributed by atoms with Gasteiger partial charge in [0.15, 0.2) is 0 Å². The predicted octanol–water partition coefficient (Wildman–Crippen LogP) is -1.46. The van der Waals surface area contributed by atoms with Crippen LogP contribution < -0.4 is 11.1 Å². The maximum absolute atomic E-state index is 11.6. The second-order valence-corrected chi connectivity index (χ2v) is 3.25. The second kappa shape index (κ2) is 4.23. The molecule has 0 saturated carbocycles. The summed E-state index contributed by atoms with van der Waals surface area (Å²) in [5.74, 6) is -0.229. The van der Waals surface area contributed by atoms with Gasteiger partial charge >= 0.3 is 0 Å². The van der Waals surface area contributed by atoms with E-state index >= 15 is 0 Å². The molecule has 3 N–H and O–H groups in total. The van der Waals surface area contributed by atoms with Crippen LogP contribution in [0.4, 0.5) is 0 Å². The Morgan fingerprint density at radius 3 is 2.92 bits per heavy atom. The maximum Gasteiger partial charge on any atom is 0.227 e. The van der Waals surface area contributed by atoms with E-state index in [0.29, 0.717) is 26.1 Å². The summed E-state index contributed by atoms with van der Waals surface area (Å²) in [6.07, 6.45) is 0.313. The molecule has 13 heavy (non-hydrogen) atoms. The molecule has 1 unspecified atom stereocenters. The quantitative estimate of drug-likeness (QED) is 0.564. The number of nitrogens with zero attached hydrogens (tertiary/aromatic N) is 1. The third kappa shape index (κ3) is 2.42. The first-order valence-electron chi connectivity index (χ1n) is 4.37. The van der Waals surface area contributed by atoms with Crippen molar-refractivity contribution in [1.82, 2.24) is 10.2 Å².